The normalized spacial score (nSPS) is 21.2. The molecule has 0 bridgehead atoms. The van der Waals surface area contributed by atoms with E-state index in [2.05, 4.69) is 20.6 Å². The maximum Gasteiger partial charge on any atom is 0.255 e. The van der Waals surface area contributed by atoms with Crippen LogP contribution in [0.2, 0.25) is 0 Å². The van der Waals surface area contributed by atoms with E-state index in [9.17, 15) is 14.4 Å². The Hall–Kier alpha value is -3.36. The Bertz CT molecular complexity index is 1150. The average molecular weight is 496 g/mol. The van der Waals surface area contributed by atoms with Gasteiger partial charge in [0.15, 0.2) is 0 Å². The lowest BCUT2D eigenvalue weighted by Crippen LogP contribution is -2.49. The molecule has 1 aliphatic carbocycles. The highest BCUT2D eigenvalue weighted by Crippen LogP contribution is 2.37. The quantitative estimate of drug-likeness (QED) is 0.606. The van der Waals surface area contributed by atoms with Crippen LogP contribution in [0.15, 0.2) is 30.6 Å². The molecule has 0 radical (unpaired) electrons. The largest absolute Gasteiger partial charge is 0.347 e. The number of hydrogen-bond acceptors (Lipinski definition) is 5. The average Bonchev–Trinajstić information content (AvgIpc) is 3.55. The molecular formula is C27H34FN5O3. The van der Waals surface area contributed by atoms with Gasteiger partial charge in [-0.25, -0.2) is 14.4 Å². The van der Waals surface area contributed by atoms with Crippen LogP contribution in [0.4, 0.5) is 4.39 Å². The van der Waals surface area contributed by atoms with Crippen LogP contribution in [0.25, 0.3) is 0 Å². The smallest absolute Gasteiger partial charge is 0.255 e. The minimum absolute atomic E-state index is 0.123. The number of benzene rings is 1. The van der Waals surface area contributed by atoms with Crippen molar-refractivity contribution < 1.29 is 18.8 Å². The molecule has 1 aliphatic heterocycles. The van der Waals surface area contributed by atoms with Gasteiger partial charge in [0, 0.05) is 41.5 Å². The van der Waals surface area contributed by atoms with E-state index in [1.54, 1.807) is 24.0 Å². The fourth-order valence-corrected chi connectivity index (χ4v) is 4.75. The molecule has 36 heavy (non-hydrogen) atoms. The minimum Gasteiger partial charge on any atom is -0.347 e. The first-order valence-corrected chi connectivity index (χ1v) is 12.6. The molecule has 4 rings (SSSR count). The molecular weight excluding hydrogens is 461 g/mol. The first-order chi connectivity index (χ1) is 17.0. The third-order valence-electron chi connectivity index (χ3n) is 7.24. The van der Waals surface area contributed by atoms with Gasteiger partial charge in [0.25, 0.3) is 11.8 Å². The van der Waals surface area contributed by atoms with Crippen molar-refractivity contribution in [2.75, 3.05) is 0 Å². The molecule has 9 heteroatoms. The van der Waals surface area contributed by atoms with Crippen LogP contribution in [0.1, 0.15) is 104 Å². The van der Waals surface area contributed by atoms with Crippen LogP contribution >= 0.6 is 0 Å². The summed E-state index contributed by atoms with van der Waals surface area (Å²) in [5, 5.41) is 5.61. The predicted octanol–water partition coefficient (Wildman–Crippen LogP) is 3.89. The van der Waals surface area contributed by atoms with Crippen molar-refractivity contribution >= 4 is 17.7 Å². The summed E-state index contributed by atoms with van der Waals surface area (Å²) >= 11 is 0. The topological polar surface area (TPSA) is 104 Å². The third-order valence-corrected chi connectivity index (χ3v) is 7.24. The van der Waals surface area contributed by atoms with Crippen LogP contribution in [-0.4, -0.2) is 50.2 Å². The number of likely N-dealkylation sites (tertiary alicyclic amines) is 1. The van der Waals surface area contributed by atoms with E-state index < -0.39 is 23.3 Å². The molecule has 192 valence electrons. The highest BCUT2D eigenvalue weighted by molar-refractivity contribution is 6.00. The van der Waals surface area contributed by atoms with Gasteiger partial charge in [-0.2, -0.15) is 0 Å². The zero-order chi connectivity index (χ0) is 26.2. The van der Waals surface area contributed by atoms with Gasteiger partial charge in [-0.3, -0.25) is 14.4 Å². The van der Waals surface area contributed by atoms with Crippen LogP contribution in [0.3, 0.4) is 0 Å². The number of hydrogen-bond donors (Lipinski definition) is 2. The monoisotopic (exact) mass is 495 g/mol. The SMILES string of the molecule is CC(C)c1ncc(C(=O)NC2(C(=O)N[C@H](C)c3ccc(C(=O)N4[C@H](C)CC[C@@H]4C)cc3F)CC2)cn1. The highest BCUT2D eigenvalue weighted by atomic mass is 19.1. The summed E-state index contributed by atoms with van der Waals surface area (Å²) in [6.45, 7) is 9.61. The second kappa shape index (κ2) is 9.95. The Morgan fingerprint density at radius 3 is 2.17 bits per heavy atom. The lowest BCUT2D eigenvalue weighted by molar-refractivity contribution is -0.124. The van der Waals surface area contributed by atoms with E-state index in [1.165, 1.54) is 18.5 Å². The lowest BCUT2D eigenvalue weighted by Gasteiger charge is -2.26. The number of rotatable bonds is 7. The van der Waals surface area contributed by atoms with Crippen molar-refractivity contribution in [2.45, 2.75) is 89.9 Å². The third kappa shape index (κ3) is 5.10. The molecule has 0 spiro atoms. The van der Waals surface area contributed by atoms with Gasteiger partial charge in [0.2, 0.25) is 5.91 Å². The van der Waals surface area contributed by atoms with Crippen LogP contribution in [0.5, 0.6) is 0 Å². The second-order valence-corrected chi connectivity index (χ2v) is 10.4. The summed E-state index contributed by atoms with van der Waals surface area (Å²) in [4.78, 5) is 48.8. The maximum absolute atomic E-state index is 15.0. The first kappa shape index (κ1) is 25.7. The second-order valence-electron chi connectivity index (χ2n) is 10.4. The molecule has 3 atom stereocenters. The van der Waals surface area contributed by atoms with E-state index in [-0.39, 0.29) is 40.9 Å². The molecule has 1 aromatic carbocycles. The van der Waals surface area contributed by atoms with Gasteiger partial charge in [0.1, 0.15) is 17.2 Å². The number of nitrogens with zero attached hydrogens (tertiary/aromatic N) is 3. The van der Waals surface area contributed by atoms with Crippen molar-refractivity contribution in [3.05, 3.63) is 58.9 Å². The fourth-order valence-electron chi connectivity index (χ4n) is 4.75. The van der Waals surface area contributed by atoms with Crippen molar-refractivity contribution in [2.24, 2.45) is 0 Å². The fraction of sp³-hybridized carbons (Fsp3) is 0.519. The Morgan fingerprint density at radius 1 is 1.03 bits per heavy atom. The van der Waals surface area contributed by atoms with Gasteiger partial charge in [-0.1, -0.05) is 19.9 Å². The van der Waals surface area contributed by atoms with Crippen molar-refractivity contribution in [1.29, 1.82) is 0 Å². The molecule has 2 aliphatic rings. The van der Waals surface area contributed by atoms with E-state index in [4.69, 9.17) is 0 Å². The van der Waals surface area contributed by atoms with E-state index >= 15 is 4.39 Å². The molecule has 1 saturated heterocycles. The molecule has 0 unspecified atom stereocenters. The van der Waals surface area contributed by atoms with Crippen LogP contribution < -0.4 is 10.6 Å². The number of carbonyl (C=O) groups is 3. The number of amides is 3. The van der Waals surface area contributed by atoms with Gasteiger partial charge in [-0.15, -0.1) is 0 Å². The predicted molar refractivity (Wildman–Crippen MR) is 133 cm³/mol. The minimum atomic E-state index is -1.03. The summed E-state index contributed by atoms with van der Waals surface area (Å²) in [6.07, 6.45) is 5.76. The summed E-state index contributed by atoms with van der Waals surface area (Å²) in [5.41, 5.74) is -0.176. The summed E-state index contributed by atoms with van der Waals surface area (Å²) < 4.78 is 15.0. The molecule has 2 aromatic rings. The zero-order valence-electron chi connectivity index (χ0n) is 21.5. The van der Waals surface area contributed by atoms with Gasteiger partial charge in [-0.05, 0) is 58.6 Å². The summed E-state index contributed by atoms with van der Waals surface area (Å²) in [7, 11) is 0. The molecule has 3 amide bonds. The van der Waals surface area contributed by atoms with Crippen LogP contribution in [0, 0.1) is 5.82 Å². The zero-order valence-corrected chi connectivity index (χ0v) is 21.5. The maximum atomic E-state index is 15.0. The van der Waals surface area contributed by atoms with Crippen LogP contribution in [-0.2, 0) is 4.79 Å². The molecule has 2 fully saturated rings. The van der Waals surface area contributed by atoms with Gasteiger partial charge in [0.05, 0.1) is 11.6 Å². The summed E-state index contributed by atoms with van der Waals surface area (Å²) in [6, 6.07) is 4.00. The number of carbonyl (C=O) groups excluding carboxylic acids is 3. The number of halogens is 1. The van der Waals surface area contributed by atoms with Gasteiger partial charge >= 0.3 is 0 Å². The standard InChI is InChI=1S/C27H34FN5O3/c1-15(2)23-29-13-20(14-30-23)24(34)32-27(10-11-27)26(36)31-18(5)21-9-8-19(12-22(21)28)25(35)33-16(3)6-7-17(33)4/h8-9,12-18H,6-7,10-11H2,1-5H3,(H,31,36)(H,32,34)/t16-,17+,18-/m1/s1. The molecule has 2 N–H and O–H groups in total. The van der Waals surface area contributed by atoms with Crippen molar-refractivity contribution in [3.8, 4) is 0 Å². The molecule has 8 nitrogen and oxygen atoms in total. The van der Waals surface area contributed by atoms with E-state index in [0.717, 1.165) is 12.8 Å². The van der Waals surface area contributed by atoms with E-state index in [0.29, 0.717) is 24.2 Å². The first-order valence-electron chi connectivity index (χ1n) is 12.6. The van der Waals surface area contributed by atoms with Crippen molar-refractivity contribution in [1.82, 2.24) is 25.5 Å². The molecule has 1 aromatic heterocycles. The Kier molecular flexibility index (Phi) is 7.11. The Balaban J connectivity index is 1.40. The Labute approximate surface area is 211 Å². The number of nitrogens with one attached hydrogen (secondary N) is 2. The molecule has 2 heterocycles. The number of aromatic nitrogens is 2. The summed E-state index contributed by atoms with van der Waals surface area (Å²) in [5.74, 6) is -0.751. The van der Waals surface area contributed by atoms with E-state index in [1.807, 2.05) is 27.7 Å². The highest BCUT2D eigenvalue weighted by Gasteiger charge is 2.51. The van der Waals surface area contributed by atoms with Crippen molar-refractivity contribution in [3.63, 3.8) is 0 Å². The Morgan fingerprint density at radius 2 is 1.64 bits per heavy atom. The molecule has 1 saturated carbocycles. The van der Waals surface area contributed by atoms with Gasteiger partial charge < -0.3 is 15.5 Å². The lowest BCUT2D eigenvalue weighted by atomic mass is 10.0.